The van der Waals surface area contributed by atoms with Crippen molar-refractivity contribution in [3.63, 3.8) is 0 Å². The molecule has 3 saturated heterocycles. The molecule has 3 amide bonds. The molecule has 2 N–H and O–H groups in total. The summed E-state index contributed by atoms with van der Waals surface area (Å²) in [4.78, 5) is 74.4. The van der Waals surface area contributed by atoms with Crippen LogP contribution in [-0.4, -0.2) is 169 Å². The fourth-order valence-electron chi connectivity index (χ4n) is 11.1. The molecule has 85 heavy (non-hydrogen) atoms. The van der Waals surface area contributed by atoms with Gasteiger partial charge in [-0.15, -0.1) is 0 Å². The number of benzene rings is 6. The summed E-state index contributed by atoms with van der Waals surface area (Å²) in [5.41, 5.74) is 5.54. The Balaban J connectivity index is 0.000000184. The van der Waals surface area contributed by atoms with Crippen molar-refractivity contribution in [2.45, 2.75) is 82.8 Å². The minimum atomic E-state index is -1.04. The van der Waals surface area contributed by atoms with Gasteiger partial charge in [0.25, 0.3) is 0 Å². The topological polar surface area (TPSA) is 173 Å². The van der Waals surface area contributed by atoms with Gasteiger partial charge >= 0.3 is 11.9 Å². The van der Waals surface area contributed by atoms with Crippen molar-refractivity contribution in [2.75, 3.05) is 99.9 Å². The van der Waals surface area contributed by atoms with E-state index in [1.807, 2.05) is 121 Å². The zero-order valence-corrected chi connectivity index (χ0v) is 50.0. The Morgan fingerprint density at radius 1 is 0.435 bits per heavy atom. The lowest BCUT2D eigenvalue weighted by molar-refractivity contribution is -0.145. The number of phenolic OH excluding ortho intramolecular Hbond substituents is 1. The molecule has 0 aromatic heterocycles. The number of ether oxygens (including phenoxy) is 3. The number of nitrogens with zero attached hydrogens (tertiary/aromatic N) is 6. The standard InChI is InChI=1S/C25H32N2O4.C23H28N2O4.C21H26N2O2/c1-3-30-25(29)19-31-23-14-8-7-13-21(23)17-24(28)26(2)22(18-27-15-9-10-16-27)20-11-5-4-6-12-20;1-24(20(16-25-13-7-8-14-25)18-9-3-2-4-10-18)22(26)15-19-11-5-6-12-21(19)29-17-23(27)28;1-22(21(25)15-18-11-5-6-12-20(18)24)19(16-23-13-7-8-14-23)17-9-3-2-4-10-17/h4-8,11-14,22H,3,9-10,15-19H2,1-2H3;2-6,9-12,20H,7-8,13-17H2,1H3,(H,27,28);2-6,9-12,19,24H,7-8,13-16H2,1H3/t22-;20-;19-/m111/s1. The van der Waals surface area contributed by atoms with Crippen LogP contribution >= 0.6 is 0 Å². The Kier molecular flexibility index (Phi) is 25.8. The van der Waals surface area contributed by atoms with Crippen molar-refractivity contribution in [3.05, 3.63) is 197 Å². The van der Waals surface area contributed by atoms with Crippen LogP contribution in [0.15, 0.2) is 164 Å². The Hall–Kier alpha value is -8.05. The summed E-state index contributed by atoms with van der Waals surface area (Å²) in [5, 5.41) is 18.8. The van der Waals surface area contributed by atoms with Gasteiger partial charge < -0.3 is 53.8 Å². The smallest absolute Gasteiger partial charge is 0.344 e. The van der Waals surface area contributed by atoms with E-state index in [0.717, 1.165) is 81.2 Å². The van der Waals surface area contributed by atoms with Gasteiger partial charge in [0.05, 0.1) is 44.0 Å². The maximum Gasteiger partial charge on any atom is 0.344 e. The maximum absolute atomic E-state index is 13.3. The molecule has 452 valence electrons. The van der Waals surface area contributed by atoms with Crippen LogP contribution in [0.5, 0.6) is 17.2 Å². The minimum absolute atomic E-state index is 0.0141. The predicted octanol–water partition coefficient (Wildman–Crippen LogP) is 9.68. The molecule has 6 aromatic carbocycles. The van der Waals surface area contributed by atoms with Gasteiger partial charge in [0.15, 0.2) is 13.2 Å². The van der Waals surface area contributed by atoms with E-state index in [-0.39, 0.29) is 67.5 Å². The molecule has 0 saturated carbocycles. The van der Waals surface area contributed by atoms with Crippen LogP contribution in [0.3, 0.4) is 0 Å². The zero-order valence-electron chi connectivity index (χ0n) is 50.0. The monoisotopic (exact) mass is 1160 g/mol. The van der Waals surface area contributed by atoms with Crippen molar-refractivity contribution >= 4 is 29.7 Å². The summed E-state index contributed by atoms with van der Waals surface area (Å²) in [6.07, 6.45) is 7.88. The second-order valence-corrected chi connectivity index (χ2v) is 22.0. The number of esters is 1. The number of aromatic hydroxyl groups is 1. The molecule has 0 radical (unpaired) electrons. The number of para-hydroxylation sites is 3. The molecule has 6 aromatic rings. The van der Waals surface area contributed by atoms with E-state index in [0.29, 0.717) is 29.2 Å². The molecule has 16 nitrogen and oxygen atoms in total. The van der Waals surface area contributed by atoms with E-state index in [1.165, 1.54) is 38.5 Å². The zero-order chi connectivity index (χ0) is 60.3. The number of carbonyl (C=O) groups is 5. The van der Waals surface area contributed by atoms with Gasteiger partial charge in [-0.25, -0.2) is 9.59 Å². The van der Waals surface area contributed by atoms with Gasteiger partial charge in [0.1, 0.15) is 17.2 Å². The van der Waals surface area contributed by atoms with Crippen molar-refractivity contribution in [1.82, 2.24) is 29.4 Å². The summed E-state index contributed by atoms with van der Waals surface area (Å²) < 4.78 is 15.9. The number of carboxylic acids is 1. The number of rotatable bonds is 25. The van der Waals surface area contributed by atoms with Crippen LogP contribution in [0.2, 0.25) is 0 Å². The first-order valence-corrected chi connectivity index (χ1v) is 29.9. The highest BCUT2D eigenvalue weighted by Gasteiger charge is 2.29. The SMILES string of the molecule is CCOC(=O)COc1ccccc1CC(=O)N(C)[C@H](CN1CCCC1)c1ccccc1.CN(C(=O)Cc1ccccc1O)[C@H](CN1CCCC1)c1ccccc1.CN(C(=O)Cc1ccccc1OCC(=O)O)[C@H](CN1CCCC1)c1ccccc1. The largest absolute Gasteiger partial charge is 0.508 e. The molecule has 0 aliphatic carbocycles. The van der Waals surface area contributed by atoms with E-state index < -0.39 is 18.5 Å². The van der Waals surface area contributed by atoms with E-state index in [9.17, 15) is 29.1 Å². The Morgan fingerprint density at radius 3 is 1.08 bits per heavy atom. The molecular formula is C69H86N6O10. The van der Waals surface area contributed by atoms with Crippen LogP contribution in [0.1, 0.15) is 97.0 Å². The Bertz CT molecular complexity index is 3010. The van der Waals surface area contributed by atoms with Gasteiger partial charge in [-0.2, -0.15) is 0 Å². The number of likely N-dealkylation sites (N-methyl/N-ethyl adjacent to an activating group) is 3. The maximum atomic E-state index is 13.3. The number of hydrogen-bond donors (Lipinski definition) is 2. The molecule has 0 bridgehead atoms. The van der Waals surface area contributed by atoms with Crippen LogP contribution in [0.25, 0.3) is 0 Å². The van der Waals surface area contributed by atoms with Crippen molar-refractivity contribution in [3.8, 4) is 17.2 Å². The fraction of sp³-hybridized carbons (Fsp3) is 0.406. The average Bonchev–Trinajstić information content (AvgIpc) is 4.56. The Morgan fingerprint density at radius 2 is 0.741 bits per heavy atom. The van der Waals surface area contributed by atoms with Crippen LogP contribution in [0.4, 0.5) is 0 Å². The van der Waals surface area contributed by atoms with Crippen molar-refractivity contribution < 1.29 is 48.4 Å². The number of likely N-dealkylation sites (tertiary alicyclic amines) is 3. The molecule has 3 heterocycles. The molecular weight excluding hydrogens is 1070 g/mol. The second-order valence-electron chi connectivity index (χ2n) is 22.0. The molecule has 3 fully saturated rings. The number of carbonyl (C=O) groups excluding carboxylic acids is 4. The third-order valence-electron chi connectivity index (χ3n) is 16.0. The molecule has 16 heteroatoms. The molecule has 3 aliphatic rings. The van der Waals surface area contributed by atoms with Gasteiger partial charge in [0, 0.05) is 57.5 Å². The highest BCUT2D eigenvalue weighted by molar-refractivity contribution is 5.81. The summed E-state index contributed by atoms with van der Waals surface area (Å²) >= 11 is 0. The number of carboxylic acid groups (broad SMARTS) is 1. The fourth-order valence-corrected chi connectivity index (χ4v) is 11.1. The number of aliphatic carboxylic acids is 1. The summed E-state index contributed by atoms with van der Waals surface area (Å²) in [7, 11) is 5.59. The quantitative estimate of drug-likeness (QED) is 0.0520. The molecule has 0 spiro atoms. The number of phenols is 1. The Labute approximate surface area is 502 Å². The first kappa shape index (κ1) is 64.5. The van der Waals surface area contributed by atoms with Crippen molar-refractivity contribution in [1.29, 1.82) is 0 Å². The van der Waals surface area contributed by atoms with Gasteiger partial charge in [-0.05, 0) is 120 Å². The number of amides is 3. The molecule has 9 rings (SSSR count). The lowest BCUT2D eigenvalue weighted by Gasteiger charge is -2.32. The van der Waals surface area contributed by atoms with Gasteiger partial charge in [-0.3, -0.25) is 14.4 Å². The van der Waals surface area contributed by atoms with Crippen LogP contribution < -0.4 is 9.47 Å². The van der Waals surface area contributed by atoms with E-state index in [2.05, 4.69) is 51.1 Å². The first-order valence-electron chi connectivity index (χ1n) is 29.9. The highest BCUT2D eigenvalue weighted by Crippen LogP contribution is 2.29. The predicted molar refractivity (Wildman–Crippen MR) is 330 cm³/mol. The van der Waals surface area contributed by atoms with Gasteiger partial charge in [-0.1, -0.05) is 146 Å². The lowest BCUT2D eigenvalue weighted by atomic mass is 10.0. The average molecular weight is 1160 g/mol. The lowest BCUT2D eigenvalue weighted by Crippen LogP contribution is -2.39. The van der Waals surface area contributed by atoms with Crippen LogP contribution in [-0.2, 0) is 48.0 Å². The molecule has 3 atom stereocenters. The molecule has 0 unspecified atom stereocenters. The summed E-state index contributed by atoms with van der Waals surface area (Å²) in [6.45, 7) is 10.5. The third kappa shape index (κ3) is 20.3. The second kappa shape index (κ2) is 34.0. The number of hydrogen-bond acceptors (Lipinski definition) is 12. The minimum Gasteiger partial charge on any atom is -0.508 e. The third-order valence-corrected chi connectivity index (χ3v) is 16.0. The first-order chi connectivity index (χ1) is 41.3. The molecule has 3 aliphatic heterocycles. The van der Waals surface area contributed by atoms with E-state index in [1.54, 1.807) is 49.4 Å². The van der Waals surface area contributed by atoms with E-state index >= 15 is 0 Å². The summed E-state index contributed by atoms with van der Waals surface area (Å²) in [6, 6.07) is 52.0. The van der Waals surface area contributed by atoms with Crippen LogP contribution in [0, 0.1) is 0 Å². The van der Waals surface area contributed by atoms with Crippen molar-refractivity contribution in [2.24, 2.45) is 0 Å². The normalized spacial score (nSPS) is 15.2. The van der Waals surface area contributed by atoms with Gasteiger partial charge in [0.2, 0.25) is 17.7 Å². The van der Waals surface area contributed by atoms with E-state index in [4.69, 9.17) is 19.3 Å². The summed E-state index contributed by atoms with van der Waals surface area (Å²) in [5.74, 6) is -0.298. The highest BCUT2D eigenvalue weighted by atomic mass is 16.6.